The van der Waals surface area contributed by atoms with E-state index in [1.54, 1.807) is 0 Å². The van der Waals surface area contributed by atoms with Crippen LogP contribution in [-0.2, 0) is 5.41 Å². The van der Waals surface area contributed by atoms with Crippen molar-refractivity contribution >= 4 is 21.7 Å². The minimum absolute atomic E-state index is 0.160. The first-order valence-electron chi connectivity index (χ1n) is 9.21. The summed E-state index contributed by atoms with van der Waals surface area (Å²) in [5, 5.41) is 3.64. The number of hydrogen-bond donors (Lipinski definition) is 0. The maximum absolute atomic E-state index is 4.86. The summed E-state index contributed by atoms with van der Waals surface area (Å²) in [7, 11) is 0. The van der Waals surface area contributed by atoms with Crippen LogP contribution in [0.25, 0.3) is 21.7 Å². The molecule has 0 amide bonds. The van der Waals surface area contributed by atoms with Gasteiger partial charge in [-0.25, -0.2) is 0 Å². The number of para-hydroxylation sites is 1. The maximum Gasteiger partial charge on any atom is 0.0742 e. The summed E-state index contributed by atoms with van der Waals surface area (Å²) >= 11 is 0. The molecule has 2 nitrogen and oxygen atoms in total. The third-order valence-corrected chi connectivity index (χ3v) is 5.43. The lowest BCUT2D eigenvalue weighted by molar-refractivity contribution is 0.651. The average molecular weight is 340 g/mol. The van der Waals surface area contributed by atoms with Crippen LogP contribution in [0.1, 0.15) is 50.3 Å². The van der Waals surface area contributed by atoms with E-state index in [9.17, 15) is 0 Å². The van der Waals surface area contributed by atoms with E-state index in [0.717, 1.165) is 5.52 Å². The summed E-state index contributed by atoms with van der Waals surface area (Å²) in [6.07, 6.45) is 5.84. The second-order valence-corrected chi connectivity index (χ2v) is 7.83. The molecule has 0 bridgehead atoms. The Labute approximate surface area is 154 Å². The molecule has 0 atom stereocenters. The van der Waals surface area contributed by atoms with E-state index in [-0.39, 0.29) is 5.41 Å². The Hall–Kier alpha value is -2.74. The Morgan fingerprint density at radius 1 is 0.846 bits per heavy atom. The second-order valence-electron chi connectivity index (χ2n) is 7.83. The Morgan fingerprint density at radius 3 is 2.35 bits per heavy atom. The zero-order valence-corrected chi connectivity index (χ0v) is 15.8. The van der Waals surface area contributed by atoms with Gasteiger partial charge < -0.3 is 0 Å². The van der Waals surface area contributed by atoms with Crippen molar-refractivity contribution in [3.63, 3.8) is 0 Å². The highest BCUT2D eigenvalue weighted by molar-refractivity contribution is 5.89. The number of pyridine rings is 2. The van der Waals surface area contributed by atoms with Crippen LogP contribution < -0.4 is 0 Å². The summed E-state index contributed by atoms with van der Waals surface area (Å²) in [6.45, 7) is 8.99. The predicted molar refractivity (Wildman–Crippen MR) is 110 cm³/mol. The van der Waals surface area contributed by atoms with Crippen LogP contribution in [0.5, 0.6) is 0 Å². The van der Waals surface area contributed by atoms with Crippen molar-refractivity contribution in [2.75, 3.05) is 0 Å². The molecule has 0 radical (unpaired) electrons. The molecule has 0 saturated carbocycles. The molecule has 2 heterocycles. The first-order chi connectivity index (χ1) is 12.5. The average Bonchev–Trinajstić information content (AvgIpc) is 2.66. The topological polar surface area (TPSA) is 25.8 Å². The zero-order valence-electron chi connectivity index (χ0n) is 15.8. The van der Waals surface area contributed by atoms with Gasteiger partial charge in [-0.05, 0) is 40.1 Å². The van der Waals surface area contributed by atoms with Crippen molar-refractivity contribution in [2.45, 2.75) is 39.0 Å². The molecular weight excluding hydrogens is 316 g/mol. The van der Waals surface area contributed by atoms with Gasteiger partial charge in [0.1, 0.15) is 0 Å². The fraction of sp³-hybridized carbons (Fsp3) is 0.250. The van der Waals surface area contributed by atoms with E-state index in [1.807, 2.05) is 18.6 Å². The molecule has 0 aliphatic rings. The van der Waals surface area contributed by atoms with Crippen molar-refractivity contribution < 1.29 is 0 Å². The minimum Gasteiger partial charge on any atom is -0.264 e. The third-order valence-electron chi connectivity index (χ3n) is 5.43. The lowest BCUT2D eigenvalue weighted by atomic mass is 9.75. The van der Waals surface area contributed by atoms with Gasteiger partial charge in [0.2, 0.25) is 0 Å². The molecule has 2 heteroatoms. The largest absolute Gasteiger partial charge is 0.264 e. The summed E-state index contributed by atoms with van der Waals surface area (Å²) < 4.78 is 0. The Bertz CT molecular complexity index is 1090. The maximum atomic E-state index is 4.86. The molecular formula is C24H24N2. The number of aromatic nitrogens is 2. The van der Waals surface area contributed by atoms with Crippen LogP contribution in [0.15, 0.2) is 67.1 Å². The van der Waals surface area contributed by atoms with E-state index in [1.165, 1.54) is 32.8 Å². The smallest absolute Gasteiger partial charge is 0.0742 e. The van der Waals surface area contributed by atoms with Crippen LogP contribution in [0.2, 0.25) is 0 Å². The van der Waals surface area contributed by atoms with Gasteiger partial charge >= 0.3 is 0 Å². The van der Waals surface area contributed by atoms with Crippen molar-refractivity contribution in [1.29, 1.82) is 0 Å². The summed E-state index contributed by atoms with van der Waals surface area (Å²) in [4.78, 5) is 9.13. The molecule has 0 aliphatic heterocycles. The van der Waals surface area contributed by atoms with Crippen LogP contribution in [0, 0.1) is 0 Å². The number of nitrogens with zero attached hydrogens (tertiary/aromatic N) is 2. The third kappa shape index (κ3) is 2.66. The summed E-state index contributed by atoms with van der Waals surface area (Å²) in [6, 6.07) is 17.4. The lowest BCUT2D eigenvalue weighted by Crippen LogP contribution is -2.20. The van der Waals surface area contributed by atoms with Gasteiger partial charge in [0, 0.05) is 34.8 Å². The van der Waals surface area contributed by atoms with Crippen molar-refractivity contribution in [3.05, 3.63) is 83.8 Å². The summed E-state index contributed by atoms with van der Waals surface area (Å²) in [5.41, 5.74) is 4.78. The molecule has 0 saturated heterocycles. The van der Waals surface area contributed by atoms with Gasteiger partial charge in [-0.1, -0.05) is 64.1 Å². The van der Waals surface area contributed by atoms with E-state index in [4.69, 9.17) is 4.98 Å². The van der Waals surface area contributed by atoms with Gasteiger partial charge in [0.05, 0.1) is 5.52 Å². The standard InChI is InChI=1S/C24H24N2/c1-16(2)19-13-17-7-5-10-22(23(17)26-15-19)24(3,4)21-9-6-8-18-14-25-12-11-20(18)21/h5-16H,1-4H3. The van der Waals surface area contributed by atoms with E-state index in [0.29, 0.717) is 5.92 Å². The van der Waals surface area contributed by atoms with Crippen molar-refractivity contribution in [3.8, 4) is 0 Å². The summed E-state index contributed by atoms with van der Waals surface area (Å²) in [5.74, 6) is 0.481. The zero-order chi connectivity index (χ0) is 18.3. The normalized spacial score (nSPS) is 12.2. The van der Waals surface area contributed by atoms with Crippen LogP contribution in [0.3, 0.4) is 0 Å². The molecule has 0 N–H and O–H groups in total. The highest BCUT2D eigenvalue weighted by atomic mass is 14.7. The predicted octanol–water partition coefficient (Wildman–Crippen LogP) is 6.23. The highest BCUT2D eigenvalue weighted by Crippen LogP contribution is 2.38. The second kappa shape index (κ2) is 6.21. The quantitative estimate of drug-likeness (QED) is 0.441. The van der Waals surface area contributed by atoms with Crippen LogP contribution in [-0.4, -0.2) is 9.97 Å². The number of hydrogen-bond acceptors (Lipinski definition) is 2. The Balaban J connectivity index is 1.96. The van der Waals surface area contributed by atoms with E-state index < -0.39 is 0 Å². The van der Waals surface area contributed by atoms with E-state index in [2.05, 4.69) is 81.2 Å². The van der Waals surface area contributed by atoms with Crippen molar-refractivity contribution in [1.82, 2.24) is 9.97 Å². The molecule has 2 aromatic carbocycles. The molecule has 0 unspecified atom stereocenters. The first-order valence-corrected chi connectivity index (χ1v) is 9.21. The van der Waals surface area contributed by atoms with Crippen molar-refractivity contribution in [2.24, 2.45) is 0 Å². The Morgan fingerprint density at radius 2 is 1.58 bits per heavy atom. The molecule has 4 aromatic rings. The number of fused-ring (bicyclic) bond motifs is 2. The van der Waals surface area contributed by atoms with E-state index >= 15 is 0 Å². The number of benzene rings is 2. The fourth-order valence-electron chi connectivity index (χ4n) is 3.81. The van der Waals surface area contributed by atoms with Gasteiger partial charge in [-0.2, -0.15) is 0 Å². The van der Waals surface area contributed by atoms with Gasteiger partial charge in [-0.3, -0.25) is 9.97 Å². The first kappa shape index (κ1) is 16.7. The monoisotopic (exact) mass is 340 g/mol. The van der Waals surface area contributed by atoms with Gasteiger partial charge in [0.25, 0.3) is 0 Å². The van der Waals surface area contributed by atoms with Crippen LogP contribution in [0.4, 0.5) is 0 Å². The molecule has 26 heavy (non-hydrogen) atoms. The van der Waals surface area contributed by atoms with Gasteiger partial charge in [-0.15, -0.1) is 0 Å². The molecule has 0 fully saturated rings. The highest BCUT2D eigenvalue weighted by Gasteiger charge is 2.27. The van der Waals surface area contributed by atoms with Crippen LogP contribution >= 0.6 is 0 Å². The Kier molecular flexibility index (Phi) is 3.99. The fourth-order valence-corrected chi connectivity index (χ4v) is 3.81. The minimum atomic E-state index is -0.160. The molecule has 0 aliphatic carbocycles. The molecule has 4 rings (SSSR count). The van der Waals surface area contributed by atoms with Gasteiger partial charge in [0.15, 0.2) is 0 Å². The number of rotatable bonds is 3. The molecule has 130 valence electrons. The molecule has 0 spiro atoms. The molecule has 2 aromatic heterocycles. The SMILES string of the molecule is CC(C)c1cnc2c(C(C)(C)c3cccc4cnccc34)cccc2c1. The lowest BCUT2D eigenvalue weighted by Gasteiger charge is -2.28.